The molecule has 2 aliphatic heterocycles. The summed E-state index contributed by atoms with van der Waals surface area (Å²) < 4.78 is 13.5. The lowest BCUT2D eigenvalue weighted by atomic mass is 9.41. The van der Waals surface area contributed by atoms with E-state index in [2.05, 4.69) is 50.5 Å². The Kier molecular flexibility index (Phi) is 13.9. The summed E-state index contributed by atoms with van der Waals surface area (Å²) in [7, 11) is 0. The number of allylic oxidation sites excluding steroid dienone is 5. The lowest BCUT2D eigenvalue weighted by Gasteiger charge is -2.64. The van der Waals surface area contributed by atoms with E-state index in [0.717, 1.165) is 37.7 Å². The van der Waals surface area contributed by atoms with Crippen molar-refractivity contribution in [3.63, 3.8) is 0 Å². The molecule has 3 saturated carbocycles. The fraction of sp³-hybridized carbons (Fsp3) is 0.816. The van der Waals surface area contributed by atoms with Crippen LogP contribution in [0.4, 0.5) is 0 Å². The normalized spacial score (nSPS) is 43.0. The number of aliphatic hydroxyl groups excluding tert-OH is 3. The molecule has 9 N–H and O–H groups in total. The maximum atomic E-state index is 15.3. The quantitative estimate of drug-likeness (QED) is 0.0679. The third-order valence-corrected chi connectivity index (χ3v) is 17.0. The van der Waals surface area contributed by atoms with Gasteiger partial charge in [-0.25, -0.2) is 0 Å². The summed E-state index contributed by atoms with van der Waals surface area (Å²) in [6, 6.07) is 0. The van der Waals surface area contributed by atoms with E-state index in [0.29, 0.717) is 56.1 Å². The monoisotopic (exact) mass is 838 g/mol. The zero-order valence-corrected chi connectivity index (χ0v) is 37.5. The Morgan fingerprint density at radius 3 is 2.52 bits per heavy atom. The second-order valence-corrected chi connectivity index (χ2v) is 20.8. The van der Waals surface area contributed by atoms with Crippen molar-refractivity contribution in [1.29, 1.82) is 0 Å². The summed E-state index contributed by atoms with van der Waals surface area (Å²) in [5.74, 6) is -1.24. The van der Waals surface area contributed by atoms with E-state index in [1.807, 2.05) is 25.3 Å². The average Bonchev–Trinajstić information content (AvgIpc) is 3.65. The molecule has 4 fully saturated rings. The van der Waals surface area contributed by atoms with Crippen LogP contribution in [0.2, 0.25) is 0 Å². The fourth-order valence-electron chi connectivity index (χ4n) is 13.8. The molecule has 17 atom stereocenters. The molecule has 0 aromatic carbocycles. The SMILES string of the molecule is CCCCCC[C@@H]1CO[C@@H]([C@@H](OCCCCC)[C@](C)(O)[C@H]2CC[C@@]3(O)C4=C(NC[C@H](C)O)C(=O)[C@@H]5C[C@@H](O)[C@@H](O)C[C@@]56C[C@H](C5=CNC(N)C=C5)C=C[C@H](C[C@]23C)[C@@H]46)[C@H]1C. The van der Waals surface area contributed by atoms with Crippen LogP contribution in [0.3, 0.4) is 0 Å². The average molecular weight is 838 g/mol. The number of fused-ring (bicyclic) bond motifs is 2. The number of hydrogen-bond donors (Lipinski definition) is 8. The van der Waals surface area contributed by atoms with Crippen molar-refractivity contribution in [2.75, 3.05) is 19.8 Å². The zero-order valence-electron chi connectivity index (χ0n) is 37.5. The number of rotatable bonds is 17. The molecule has 11 heteroatoms. The molecule has 0 amide bonds. The van der Waals surface area contributed by atoms with Crippen LogP contribution in [0.15, 0.2) is 47.3 Å². The van der Waals surface area contributed by atoms with Crippen LogP contribution in [0.25, 0.3) is 0 Å². The molecule has 1 spiro atoms. The largest absolute Gasteiger partial charge is 0.392 e. The minimum atomic E-state index is -1.50. The number of aliphatic hydroxyl groups is 5. The van der Waals surface area contributed by atoms with E-state index in [9.17, 15) is 25.5 Å². The molecule has 0 radical (unpaired) electrons. The summed E-state index contributed by atoms with van der Waals surface area (Å²) in [6.07, 6.45) is 17.5. The Balaban J connectivity index is 1.33. The van der Waals surface area contributed by atoms with Crippen molar-refractivity contribution >= 4 is 5.78 Å². The molecule has 7 rings (SSSR count). The van der Waals surface area contributed by atoms with E-state index in [1.54, 1.807) is 6.92 Å². The fourth-order valence-corrected chi connectivity index (χ4v) is 13.8. The van der Waals surface area contributed by atoms with Crippen LogP contribution in [0.5, 0.6) is 0 Å². The number of nitrogens with one attached hydrogen (secondary N) is 2. The predicted octanol–water partition coefficient (Wildman–Crippen LogP) is 5.55. The summed E-state index contributed by atoms with van der Waals surface area (Å²) >= 11 is 0. The lowest BCUT2D eigenvalue weighted by Crippen LogP contribution is -2.67. The molecule has 0 bridgehead atoms. The number of carbonyl (C=O) groups excluding carboxylic acids is 1. The van der Waals surface area contributed by atoms with Gasteiger partial charge in [0.1, 0.15) is 6.10 Å². The first kappa shape index (κ1) is 45.9. The molecule has 2 heterocycles. The molecule has 11 nitrogen and oxygen atoms in total. The van der Waals surface area contributed by atoms with Gasteiger partial charge in [0.05, 0.1) is 54.1 Å². The maximum Gasteiger partial charge on any atom is 0.182 e. The van der Waals surface area contributed by atoms with Gasteiger partial charge in [0.2, 0.25) is 0 Å². The summed E-state index contributed by atoms with van der Waals surface area (Å²) in [5, 5.41) is 67.1. The van der Waals surface area contributed by atoms with Crippen LogP contribution >= 0.6 is 0 Å². The highest BCUT2D eigenvalue weighted by atomic mass is 16.6. The van der Waals surface area contributed by atoms with Crippen LogP contribution < -0.4 is 16.4 Å². The Hall–Kier alpha value is -2.09. The number of unbranched alkanes of at least 4 members (excludes halogenated alkanes) is 5. The number of ketones is 1. The topological polar surface area (TPSA) is 187 Å². The van der Waals surface area contributed by atoms with Crippen molar-refractivity contribution in [1.82, 2.24) is 10.6 Å². The highest BCUT2D eigenvalue weighted by Gasteiger charge is 2.73. The Bertz CT molecular complexity index is 1660. The lowest BCUT2D eigenvalue weighted by molar-refractivity contribution is -0.214. The van der Waals surface area contributed by atoms with Crippen molar-refractivity contribution < 1.29 is 39.8 Å². The number of nitrogens with two attached hydrogens (primary N) is 1. The highest BCUT2D eigenvalue weighted by molar-refractivity contribution is 6.00. The molecular weight excluding hydrogens is 759 g/mol. The standard InChI is InChI=1S/C49H79N3O8/c1-7-9-11-12-14-34-28-60-44(30(34)4)45(59-21-13-10-8-2)47(6,57)38-19-20-49(58)41-40-32(23-46(38,49)5)16-15-31(33-17-18-39(50)51-27-33)24-48(40)25-37(55)36(54)22-35(48)43(56)42(41)52-26-29(3)53/h15-18,27,29-32,34-40,44-45,51-55,57-58H,7-14,19-26,28,50H2,1-6H3/t29-,30-,31+,32+,34+,35-,36+,37-,38-,39?,40-,44+,45+,46+,47+,48-,49+/m0/s1. The van der Waals surface area contributed by atoms with E-state index in [4.69, 9.17) is 15.2 Å². The molecule has 7 aliphatic rings. The van der Waals surface area contributed by atoms with Gasteiger partial charge in [-0.05, 0) is 117 Å². The minimum absolute atomic E-state index is 0.115. The minimum Gasteiger partial charge on any atom is -0.392 e. The third kappa shape index (κ3) is 8.03. The third-order valence-electron chi connectivity index (χ3n) is 17.0. The molecule has 0 aromatic heterocycles. The summed E-state index contributed by atoms with van der Waals surface area (Å²) in [6.45, 7) is 13.7. The molecule has 60 heavy (non-hydrogen) atoms. The van der Waals surface area contributed by atoms with Crippen LogP contribution in [0.1, 0.15) is 131 Å². The predicted molar refractivity (Wildman–Crippen MR) is 233 cm³/mol. The van der Waals surface area contributed by atoms with Crippen molar-refractivity contribution in [3.05, 3.63) is 47.3 Å². The molecule has 1 unspecified atom stereocenters. The molecule has 1 saturated heterocycles. The Labute approximate surface area is 359 Å². The van der Waals surface area contributed by atoms with E-state index in [-0.39, 0.29) is 61.1 Å². The first-order chi connectivity index (χ1) is 28.5. The van der Waals surface area contributed by atoms with Gasteiger partial charge in [0.15, 0.2) is 5.78 Å². The number of hydrogen-bond acceptors (Lipinski definition) is 11. The Morgan fingerprint density at radius 2 is 1.82 bits per heavy atom. The van der Waals surface area contributed by atoms with Crippen LogP contribution in [-0.2, 0) is 14.3 Å². The second kappa shape index (κ2) is 18.2. The van der Waals surface area contributed by atoms with Crippen LogP contribution in [0, 0.1) is 52.3 Å². The van der Waals surface area contributed by atoms with Gasteiger partial charge < -0.3 is 51.4 Å². The van der Waals surface area contributed by atoms with Gasteiger partial charge in [-0.2, -0.15) is 0 Å². The number of dihydropyridines is 1. The van der Waals surface area contributed by atoms with Gasteiger partial charge in [-0.1, -0.05) is 84.4 Å². The number of carbonyl (C=O) groups is 1. The summed E-state index contributed by atoms with van der Waals surface area (Å²) in [5.41, 5.74) is 3.61. The molecule has 0 aromatic rings. The highest BCUT2D eigenvalue weighted by Crippen LogP contribution is 2.73. The van der Waals surface area contributed by atoms with Crippen molar-refractivity contribution in [2.24, 2.45) is 58.0 Å². The smallest absolute Gasteiger partial charge is 0.182 e. The first-order valence-corrected chi connectivity index (χ1v) is 23.9. The second-order valence-electron chi connectivity index (χ2n) is 20.8. The van der Waals surface area contributed by atoms with Gasteiger partial charge in [0, 0.05) is 36.6 Å². The van der Waals surface area contributed by atoms with Gasteiger partial charge in [-0.15, -0.1) is 0 Å². The molecule has 5 aliphatic carbocycles. The van der Waals surface area contributed by atoms with Crippen molar-refractivity contribution in [2.45, 2.75) is 179 Å². The van der Waals surface area contributed by atoms with Gasteiger partial charge >= 0.3 is 0 Å². The van der Waals surface area contributed by atoms with Crippen molar-refractivity contribution in [3.8, 4) is 0 Å². The number of Topliss-reactive ketones (excluding diaryl/α,β-unsaturated/α-hetero) is 1. The van der Waals surface area contributed by atoms with E-state index in [1.165, 1.54) is 19.3 Å². The van der Waals surface area contributed by atoms with E-state index >= 15 is 4.79 Å². The van der Waals surface area contributed by atoms with E-state index < -0.39 is 58.3 Å². The first-order valence-electron chi connectivity index (χ1n) is 23.9. The van der Waals surface area contributed by atoms with Gasteiger partial charge in [-0.3, -0.25) is 4.79 Å². The maximum absolute atomic E-state index is 15.3. The summed E-state index contributed by atoms with van der Waals surface area (Å²) in [4.78, 5) is 15.3. The molecule has 338 valence electrons. The zero-order chi connectivity index (χ0) is 43.2. The Morgan fingerprint density at radius 1 is 1.07 bits per heavy atom. The number of ether oxygens (including phenoxy) is 2. The van der Waals surface area contributed by atoms with Gasteiger partial charge in [0.25, 0.3) is 0 Å². The molecular formula is C49H79N3O8. The van der Waals surface area contributed by atoms with Crippen LogP contribution in [-0.4, -0.2) is 99.0 Å².